The number of hydrogen-bond donors (Lipinski definition) is 0. The van der Waals surface area contributed by atoms with Gasteiger partial charge in [-0.25, -0.2) is 0 Å². The van der Waals surface area contributed by atoms with Gasteiger partial charge in [0.25, 0.3) is 0 Å². The molecule has 2 aliphatic rings. The summed E-state index contributed by atoms with van der Waals surface area (Å²) in [5, 5.41) is 4.10. The summed E-state index contributed by atoms with van der Waals surface area (Å²) in [6, 6.07) is 0.569. The lowest BCUT2D eigenvalue weighted by molar-refractivity contribution is -0.00281. The van der Waals surface area contributed by atoms with Crippen molar-refractivity contribution < 1.29 is 9.26 Å². The molecule has 2 unspecified atom stereocenters. The summed E-state index contributed by atoms with van der Waals surface area (Å²) < 4.78 is 11.2. The molecule has 0 radical (unpaired) electrons. The van der Waals surface area contributed by atoms with Crippen molar-refractivity contribution in [2.45, 2.75) is 64.1 Å². The Morgan fingerprint density at radius 3 is 2.87 bits per heavy atom. The van der Waals surface area contributed by atoms with E-state index in [0.29, 0.717) is 18.1 Å². The Morgan fingerprint density at radius 1 is 1.30 bits per heavy atom. The fourth-order valence-corrected chi connectivity index (χ4v) is 3.50. The van der Waals surface area contributed by atoms with Crippen molar-refractivity contribution in [3.63, 3.8) is 0 Å². The van der Waals surface area contributed by atoms with Crippen molar-refractivity contribution in [1.82, 2.24) is 19.9 Å². The van der Waals surface area contributed by atoms with Crippen LogP contribution in [0.25, 0.3) is 0 Å². The van der Waals surface area contributed by atoms with Gasteiger partial charge < -0.3 is 9.26 Å². The van der Waals surface area contributed by atoms with Crippen LogP contribution >= 0.6 is 0 Å². The predicted molar refractivity (Wildman–Crippen MR) is 88.3 cm³/mol. The van der Waals surface area contributed by atoms with Crippen molar-refractivity contribution in [2.24, 2.45) is 0 Å². The molecule has 6 heteroatoms. The van der Waals surface area contributed by atoms with Gasteiger partial charge in [-0.2, -0.15) is 4.98 Å². The first-order valence-electron chi connectivity index (χ1n) is 8.98. The predicted octanol–water partition coefficient (Wildman–Crippen LogP) is 2.27. The van der Waals surface area contributed by atoms with Gasteiger partial charge in [0, 0.05) is 31.7 Å². The lowest BCUT2D eigenvalue weighted by atomic mass is 10.1. The molecule has 0 aromatic carbocycles. The molecule has 0 N–H and O–H groups in total. The summed E-state index contributed by atoms with van der Waals surface area (Å²) >= 11 is 0. The monoisotopic (exact) mass is 322 g/mol. The minimum absolute atomic E-state index is 0.291. The molecule has 2 atom stereocenters. The van der Waals surface area contributed by atoms with E-state index in [1.165, 1.54) is 32.2 Å². The highest BCUT2D eigenvalue weighted by Gasteiger charge is 2.28. The number of nitrogens with zero attached hydrogens (tertiary/aromatic N) is 4. The summed E-state index contributed by atoms with van der Waals surface area (Å²) in [5.41, 5.74) is 0. The number of aromatic nitrogens is 2. The zero-order valence-corrected chi connectivity index (χ0v) is 14.7. The lowest BCUT2D eigenvalue weighted by Gasteiger charge is -2.28. The molecule has 3 heterocycles. The molecule has 0 bridgehead atoms. The van der Waals surface area contributed by atoms with Gasteiger partial charge in [-0.15, -0.1) is 0 Å². The van der Waals surface area contributed by atoms with Crippen molar-refractivity contribution >= 4 is 0 Å². The number of rotatable bonds is 6. The fourth-order valence-electron chi connectivity index (χ4n) is 3.50. The van der Waals surface area contributed by atoms with Crippen LogP contribution in [0.5, 0.6) is 0 Å². The van der Waals surface area contributed by atoms with Crippen LogP contribution in [0.2, 0.25) is 0 Å². The second kappa shape index (κ2) is 7.73. The van der Waals surface area contributed by atoms with Crippen molar-refractivity contribution in [1.29, 1.82) is 0 Å². The average Bonchev–Trinajstić information content (AvgIpc) is 3.18. The summed E-state index contributed by atoms with van der Waals surface area (Å²) in [5.74, 6) is 1.82. The molecule has 2 aliphatic heterocycles. The smallest absolute Gasteiger partial charge is 0.229 e. The van der Waals surface area contributed by atoms with E-state index in [2.05, 4.69) is 40.8 Å². The molecule has 0 spiro atoms. The molecule has 2 fully saturated rings. The van der Waals surface area contributed by atoms with E-state index in [-0.39, 0.29) is 0 Å². The van der Waals surface area contributed by atoms with Crippen LogP contribution in [-0.2, 0) is 11.3 Å². The van der Waals surface area contributed by atoms with Gasteiger partial charge in [0.2, 0.25) is 5.89 Å². The zero-order valence-electron chi connectivity index (χ0n) is 14.7. The Bertz CT molecular complexity index is 485. The lowest BCUT2D eigenvalue weighted by Crippen LogP contribution is -2.38. The fraction of sp³-hybridized carbons (Fsp3) is 0.882. The quantitative estimate of drug-likeness (QED) is 0.801. The molecule has 0 aliphatic carbocycles. The standard InChI is InChI=1S/C17H30N4O2/c1-13(2)17-18-16(19-23-17)12-20(3)14-7-8-21(10-14)11-15-6-4-5-9-22-15/h13-15H,4-12H2,1-3H3. The van der Waals surface area contributed by atoms with E-state index in [4.69, 9.17) is 9.26 Å². The molecule has 0 amide bonds. The Labute approximate surface area is 139 Å². The van der Waals surface area contributed by atoms with Crippen LogP contribution in [0.1, 0.15) is 57.2 Å². The molecular formula is C17H30N4O2. The summed E-state index contributed by atoms with van der Waals surface area (Å²) in [6.07, 6.45) is 5.41. The van der Waals surface area contributed by atoms with Gasteiger partial charge in [-0.05, 0) is 39.3 Å². The maximum absolute atomic E-state index is 5.87. The van der Waals surface area contributed by atoms with Crippen molar-refractivity contribution in [3.8, 4) is 0 Å². The van der Waals surface area contributed by atoms with Gasteiger partial charge in [0.05, 0.1) is 12.6 Å². The first-order chi connectivity index (χ1) is 11.1. The Balaban J connectivity index is 1.45. The molecule has 1 aromatic heterocycles. The van der Waals surface area contributed by atoms with Crippen LogP contribution in [0.15, 0.2) is 4.52 Å². The van der Waals surface area contributed by atoms with E-state index in [1.54, 1.807) is 0 Å². The van der Waals surface area contributed by atoms with E-state index >= 15 is 0 Å². The minimum Gasteiger partial charge on any atom is -0.377 e. The highest BCUT2D eigenvalue weighted by molar-refractivity contribution is 4.92. The first kappa shape index (κ1) is 16.9. The highest BCUT2D eigenvalue weighted by Crippen LogP contribution is 2.20. The third-order valence-corrected chi connectivity index (χ3v) is 4.98. The van der Waals surface area contributed by atoms with E-state index < -0.39 is 0 Å². The Hall–Kier alpha value is -0.980. The summed E-state index contributed by atoms with van der Waals surface area (Å²) in [7, 11) is 2.16. The maximum atomic E-state index is 5.87. The normalized spacial score (nSPS) is 26.5. The molecule has 3 rings (SSSR count). The number of ether oxygens (including phenoxy) is 1. The summed E-state index contributed by atoms with van der Waals surface area (Å²) in [6.45, 7) is 9.21. The van der Waals surface area contributed by atoms with E-state index in [9.17, 15) is 0 Å². The Morgan fingerprint density at radius 2 is 2.17 bits per heavy atom. The largest absolute Gasteiger partial charge is 0.377 e. The maximum Gasteiger partial charge on any atom is 0.229 e. The minimum atomic E-state index is 0.291. The highest BCUT2D eigenvalue weighted by atomic mass is 16.5. The van der Waals surface area contributed by atoms with Crippen molar-refractivity contribution in [2.75, 3.05) is 33.3 Å². The molecule has 2 saturated heterocycles. The number of likely N-dealkylation sites (tertiary alicyclic amines) is 1. The molecule has 6 nitrogen and oxygen atoms in total. The van der Waals surface area contributed by atoms with Gasteiger partial charge in [-0.1, -0.05) is 19.0 Å². The first-order valence-corrected chi connectivity index (χ1v) is 8.98. The zero-order chi connectivity index (χ0) is 16.2. The van der Waals surface area contributed by atoms with Gasteiger partial charge in [0.15, 0.2) is 5.82 Å². The number of hydrogen-bond acceptors (Lipinski definition) is 6. The average molecular weight is 322 g/mol. The van der Waals surface area contributed by atoms with Crippen LogP contribution in [0.4, 0.5) is 0 Å². The topological polar surface area (TPSA) is 54.6 Å². The van der Waals surface area contributed by atoms with Gasteiger partial charge >= 0.3 is 0 Å². The number of likely N-dealkylation sites (N-methyl/N-ethyl adjacent to an activating group) is 1. The van der Waals surface area contributed by atoms with Crippen LogP contribution < -0.4 is 0 Å². The second-order valence-corrected chi connectivity index (χ2v) is 7.31. The second-order valence-electron chi connectivity index (χ2n) is 7.31. The third kappa shape index (κ3) is 4.52. The van der Waals surface area contributed by atoms with Crippen LogP contribution in [0, 0.1) is 0 Å². The van der Waals surface area contributed by atoms with E-state index in [0.717, 1.165) is 38.0 Å². The van der Waals surface area contributed by atoms with E-state index in [1.807, 2.05) is 0 Å². The molecular weight excluding hydrogens is 292 g/mol. The van der Waals surface area contributed by atoms with Gasteiger partial charge in [0.1, 0.15) is 0 Å². The van der Waals surface area contributed by atoms with Gasteiger partial charge in [-0.3, -0.25) is 9.80 Å². The van der Waals surface area contributed by atoms with Crippen molar-refractivity contribution in [3.05, 3.63) is 11.7 Å². The molecule has 0 saturated carbocycles. The SMILES string of the molecule is CC(C)c1nc(CN(C)C2CCN(CC3CCCCO3)C2)no1. The Kier molecular flexibility index (Phi) is 5.67. The molecule has 130 valence electrons. The molecule has 23 heavy (non-hydrogen) atoms. The van der Waals surface area contributed by atoms with Crippen LogP contribution in [0.3, 0.4) is 0 Å². The van der Waals surface area contributed by atoms with Crippen LogP contribution in [-0.4, -0.2) is 65.4 Å². The summed E-state index contributed by atoms with van der Waals surface area (Å²) in [4.78, 5) is 9.39. The third-order valence-electron chi connectivity index (χ3n) is 4.98. The molecule has 1 aromatic rings.